The van der Waals surface area contributed by atoms with Crippen molar-refractivity contribution in [1.29, 1.82) is 0 Å². The summed E-state index contributed by atoms with van der Waals surface area (Å²) in [6, 6.07) is 15.1. The van der Waals surface area contributed by atoms with Crippen LogP contribution in [0.4, 0.5) is 5.69 Å². The van der Waals surface area contributed by atoms with Crippen molar-refractivity contribution in [2.24, 2.45) is 10.2 Å². The normalized spacial score (nSPS) is 11.4. The zero-order chi connectivity index (χ0) is 19.9. The number of aromatic hydroxyl groups is 1. The molecule has 0 aliphatic rings. The first-order chi connectivity index (χ1) is 13.6. The van der Waals surface area contributed by atoms with Gasteiger partial charge in [-0.05, 0) is 31.0 Å². The van der Waals surface area contributed by atoms with E-state index >= 15 is 0 Å². The molecule has 0 spiro atoms. The monoisotopic (exact) mass is 379 g/mol. The molecule has 28 heavy (non-hydrogen) atoms. The number of aromatic nitrogens is 1. The van der Waals surface area contributed by atoms with Crippen LogP contribution < -0.4 is 4.74 Å². The van der Waals surface area contributed by atoms with Gasteiger partial charge < -0.3 is 14.4 Å². The van der Waals surface area contributed by atoms with Crippen molar-refractivity contribution in [3.8, 4) is 11.6 Å². The number of hydrogen-bond donors (Lipinski definition) is 1. The third-order valence-electron chi connectivity index (χ3n) is 4.61. The highest BCUT2D eigenvalue weighted by Gasteiger charge is 2.16. The van der Waals surface area contributed by atoms with E-state index in [2.05, 4.69) is 17.2 Å². The smallest absolute Gasteiger partial charge is 0.302 e. The molecule has 1 aromatic heterocycles. The van der Waals surface area contributed by atoms with Crippen LogP contribution in [0.25, 0.3) is 10.9 Å². The van der Waals surface area contributed by atoms with E-state index in [1.807, 2.05) is 54.0 Å². The second kappa shape index (κ2) is 9.17. The molecule has 6 heteroatoms. The number of para-hydroxylation sites is 2. The first-order valence-electron chi connectivity index (χ1n) is 9.55. The molecule has 0 saturated heterocycles. The Labute approximate surface area is 164 Å². The number of unbranched alkanes of at least 4 members (excludes halogenated alkanes) is 2. The minimum atomic E-state index is -0.509. The molecule has 3 rings (SSSR count). The van der Waals surface area contributed by atoms with Crippen molar-refractivity contribution in [2.75, 3.05) is 6.61 Å². The number of carbonyl (C=O) groups excluding carboxylic acids is 1. The summed E-state index contributed by atoms with van der Waals surface area (Å²) < 4.78 is 7.33. The first kappa shape index (κ1) is 19.6. The highest BCUT2D eigenvalue weighted by Crippen LogP contribution is 2.39. The zero-order valence-electron chi connectivity index (χ0n) is 16.3. The standard InChI is InChI=1S/C22H25N3O3/c1-3-4-9-14-25-18-12-7-6-11-17(18)21(22(25)27)24-23-20(26)15-28-19-13-8-5-10-16(19)2/h5-8,10-13,27H,3-4,9,14-15H2,1-2H3. The molecule has 0 atom stereocenters. The van der Waals surface area contributed by atoms with E-state index in [4.69, 9.17) is 4.74 Å². The predicted octanol–water partition coefficient (Wildman–Crippen LogP) is 5.53. The lowest BCUT2D eigenvalue weighted by molar-refractivity contribution is -0.120. The van der Waals surface area contributed by atoms with Gasteiger partial charge in [-0.3, -0.25) is 4.79 Å². The zero-order valence-corrected chi connectivity index (χ0v) is 16.3. The number of ether oxygens (including phenoxy) is 1. The SMILES string of the molecule is CCCCCn1c(O)c(N=NC(=O)COc2ccccc2C)c2ccccc21. The number of aryl methyl sites for hydroxylation is 2. The number of carbonyl (C=O) groups is 1. The van der Waals surface area contributed by atoms with Crippen molar-refractivity contribution in [3.05, 3.63) is 54.1 Å². The molecule has 146 valence electrons. The third-order valence-corrected chi connectivity index (χ3v) is 4.61. The lowest BCUT2D eigenvalue weighted by Gasteiger charge is -2.06. The van der Waals surface area contributed by atoms with Crippen LogP contribution in [0, 0.1) is 6.92 Å². The molecule has 0 unspecified atom stereocenters. The van der Waals surface area contributed by atoms with Crippen molar-refractivity contribution in [1.82, 2.24) is 4.57 Å². The summed E-state index contributed by atoms with van der Waals surface area (Å²) in [5.41, 5.74) is 2.14. The molecule has 0 radical (unpaired) electrons. The average Bonchev–Trinajstić information content (AvgIpc) is 2.97. The Morgan fingerprint density at radius 2 is 1.86 bits per heavy atom. The maximum absolute atomic E-state index is 12.1. The molecule has 6 nitrogen and oxygen atoms in total. The summed E-state index contributed by atoms with van der Waals surface area (Å²) in [4.78, 5) is 12.1. The molecule has 0 bridgehead atoms. The maximum Gasteiger partial charge on any atom is 0.302 e. The summed E-state index contributed by atoms with van der Waals surface area (Å²) in [5.74, 6) is 0.167. The first-order valence-corrected chi connectivity index (χ1v) is 9.55. The Hall–Kier alpha value is -3.15. The number of benzene rings is 2. The summed E-state index contributed by atoms with van der Waals surface area (Å²) in [7, 11) is 0. The summed E-state index contributed by atoms with van der Waals surface area (Å²) in [6.07, 6.45) is 3.14. The molecule has 0 aliphatic heterocycles. The van der Waals surface area contributed by atoms with Gasteiger partial charge in [0.15, 0.2) is 12.3 Å². The van der Waals surface area contributed by atoms with Crippen LogP contribution in [0.2, 0.25) is 0 Å². The number of nitrogens with zero attached hydrogens (tertiary/aromatic N) is 3. The number of amides is 1. The van der Waals surface area contributed by atoms with Gasteiger partial charge in [-0.25, -0.2) is 0 Å². The molecular formula is C22H25N3O3. The van der Waals surface area contributed by atoms with Crippen molar-refractivity contribution in [3.63, 3.8) is 0 Å². The van der Waals surface area contributed by atoms with Crippen LogP contribution in [0.1, 0.15) is 31.7 Å². The number of rotatable bonds is 8. The van der Waals surface area contributed by atoms with Crippen LogP contribution >= 0.6 is 0 Å². The third kappa shape index (κ3) is 4.39. The summed E-state index contributed by atoms with van der Waals surface area (Å²) in [5, 5.41) is 19.2. The van der Waals surface area contributed by atoms with Gasteiger partial charge in [0.1, 0.15) is 5.75 Å². The molecule has 0 saturated carbocycles. The minimum Gasteiger partial charge on any atom is -0.493 e. The Kier molecular flexibility index (Phi) is 6.42. The van der Waals surface area contributed by atoms with Gasteiger partial charge in [0.25, 0.3) is 0 Å². The summed E-state index contributed by atoms with van der Waals surface area (Å²) >= 11 is 0. The fraction of sp³-hybridized carbons (Fsp3) is 0.318. The Morgan fingerprint density at radius 1 is 1.11 bits per heavy atom. The number of fused-ring (bicyclic) bond motifs is 1. The van der Waals surface area contributed by atoms with Gasteiger partial charge in [-0.2, -0.15) is 0 Å². The quantitative estimate of drug-likeness (QED) is 0.413. The highest BCUT2D eigenvalue weighted by atomic mass is 16.5. The molecule has 0 fully saturated rings. The van der Waals surface area contributed by atoms with E-state index in [9.17, 15) is 9.90 Å². The second-order valence-corrected chi connectivity index (χ2v) is 6.70. The lowest BCUT2D eigenvalue weighted by Crippen LogP contribution is -2.08. The van der Waals surface area contributed by atoms with E-state index < -0.39 is 5.91 Å². The van der Waals surface area contributed by atoms with E-state index in [-0.39, 0.29) is 12.5 Å². The fourth-order valence-corrected chi connectivity index (χ4v) is 3.11. The van der Waals surface area contributed by atoms with Gasteiger partial charge >= 0.3 is 5.91 Å². The van der Waals surface area contributed by atoms with Gasteiger partial charge in [-0.15, -0.1) is 10.2 Å². The lowest BCUT2D eigenvalue weighted by atomic mass is 10.2. The molecule has 1 heterocycles. The number of hydrogen-bond acceptors (Lipinski definition) is 4. The fourth-order valence-electron chi connectivity index (χ4n) is 3.11. The molecule has 3 aromatic rings. The molecule has 0 aliphatic carbocycles. The van der Waals surface area contributed by atoms with Gasteiger partial charge in [0.05, 0.1) is 5.52 Å². The second-order valence-electron chi connectivity index (χ2n) is 6.70. The maximum atomic E-state index is 12.1. The van der Waals surface area contributed by atoms with E-state index in [0.717, 1.165) is 35.7 Å². The average molecular weight is 379 g/mol. The van der Waals surface area contributed by atoms with Gasteiger partial charge in [0, 0.05) is 11.9 Å². The Morgan fingerprint density at radius 3 is 2.64 bits per heavy atom. The van der Waals surface area contributed by atoms with Crippen LogP contribution in [-0.4, -0.2) is 22.2 Å². The topological polar surface area (TPSA) is 76.2 Å². The van der Waals surface area contributed by atoms with E-state index in [0.29, 0.717) is 18.0 Å². The largest absolute Gasteiger partial charge is 0.493 e. The molecule has 2 aromatic carbocycles. The summed E-state index contributed by atoms with van der Waals surface area (Å²) in [6.45, 7) is 4.54. The number of azo groups is 1. The van der Waals surface area contributed by atoms with Crippen LogP contribution in [-0.2, 0) is 11.3 Å². The molecule has 1 N–H and O–H groups in total. The van der Waals surface area contributed by atoms with Gasteiger partial charge in [0.2, 0.25) is 5.88 Å². The van der Waals surface area contributed by atoms with Gasteiger partial charge in [-0.1, -0.05) is 56.2 Å². The van der Waals surface area contributed by atoms with E-state index in [1.165, 1.54) is 0 Å². The highest BCUT2D eigenvalue weighted by molar-refractivity contribution is 5.95. The van der Waals surface area contributed by atoms with Crippen molar-refractivity contribution in [2.45, 2.75) is 39.7 Å². The molecule has 1 amide bonds. The molecular weight excluding hydrogens is 354 g/mol. The van der Waals surface area contributed by atoms with Crippen LogP contribution in [0.3, 0.4) is 0 Å². The Bertz CT molecular complexity index is 992. The van der Waals surface area contributed by atoms with E-state index in [1.54, 1.807) is 6.07 Å². The minimum absolute atomic E-state index is 0.0358. The Balaban J connectivity index is 1.76. The van der Waals surface area contributed by atoms with Crippen molar-refractivity contribution >= 4 is 22.5 Å². The predicted molar refractivity (Wildman–Crippen MR) is 109 cm³/mol. The van der Waals surface area contributed by atoms with Crippen LogP contribution in [0.5, 0.6) is 11.6 Å². The van der Waals surface area contributed by atoms with Crippen LogP contribution in [0.15, 0.2) is 58.8 Å². The van der Waals surface area contributed by atoms with Crippen molar-refractivity contribution < 1.29 is 14.6 Å².